The van der Waals surface area contributed by atoms with Crippen molar-refractivity contribution >= 4 is 17.4 Å². The monoisotopic (exact) mass is 280 g/mol. The van der Waals surface area contributed by atoms with E-state index in [1.807, 2.05) is 41.4 Å². The molecule has 0 aliphatic carbocycles. The van der Waals surface area contributed by atoms with Crippen LogP contribution in [0.5, 0.6) is 0 Å². The quantitative estimate of drug-likeness (QED) is 0.811. The van der Waals surface area contributed by atoms with Gasteiger partial charge in [0.15, 0.2) is 0 Å². The highest BCUT2D eigenvalue weighted by Crippen LogP contribution is 2.26. The predicted octanol–water partition coefficient (Wildman–Crippen LogP) is 3.09. The standard InChI is InChI=1S/C17H16N2O2/c1-21-17(20)14-9-5-6-10-16(14)19-12-11-15(18-19)13-7-3-2-4-8-13/h2-10H,11-12H2,1H3. The second-order valence-corrected chi connectivity index (χ2v) is 4.79. The second kappa shape index (κ2) is 5.79. The molecule has 0 atom stereocenters. The van der Waals surface area contributed by atoms with E-state index in [0.29, 0.717) is 5.56 Å². The summed E-state index contributed by atoms with van der Waals surface area (Å²) in [5.74, 6) is -0.339. The van der Waals surface area contributed by atoms with Crippen molar-refractivity contribution < 1.29 is 9.53 Å². The number of carbonyl (C=O) groups is 1. The molecule has 1 heterocycles. The van der Waals surface area contributed by atoms with Crippen LogP contribution in [0.1, 0.15) is 22.3 Å². The molecular weight excluding hydrogens is 264 g/mol. The fourth-order valence-corrected chi connectivity index (χ4v) is 2.45. The number of nitrogens with zero attached hydrogens (tertiary/aromatic N) is 2. The summed E-state index contributed by atoms with van der Waals surface area (Å²) in [5.41, 5.74) is 3.49. The van der Waals surface area contributed by atoms with Crippen LogP contribution < -0.4 is 5.01 Å². The van der Waals surface area contributed by atoms with Gasteiger partial charge < -0.3 is 4.74 Å². The normalized spacial score (nSPS) is 14.0. The fourth-order valence-electron chi connectivity index (χ4n) is 2.45. The zero-order valence-electron chi connectivity index (χ0n) is 11.8. The van der Waals surface area contributed by atoms with Crippen LogP contribution in [-0.2, 0) is 4.74 Å². The van der Waals surface area contributed by atoms with Gasteiger partial charge in [0.25, 0.3) is 0 Å². The Morgan fingerprint density at radius 2 is 1.81 bits per heavy atom. The first-order chi connectivity index (χ1) is 10.3. The number of hydrogen-bond donors (Lipinski definition) is 0. The van der Waals surface area contributed by atoms with Crippen molar-refractivity contribution in [2.24, 2.45) is 5.10 Å². The summed E-state index contributed by atoms with van der Waals surface area (Å²) >= 11 is 0. The van der Waals surface area contributed by atoms with E-state index >= 15 is 0 Å². The van der Waals surface area contributed by atoms with Crippen LogP contribution in [0, 0.1) is 0 Å². The van der Waals surface area contributed by atoms with Gasteiger partial charge in [-0.3, -0.25) is 5.01 Å². The van der Waals surface area contributed by atoms with Crippen LogP contribution in [-0.4, -0.2) is 25.3 Å². The van der Waals surface area contributed by atoms with Crippen LogP contribution in [0.3, 0.4) is 0 Å². The lowest BCUT2D eigenvalue weighted by molar-refractivity contribution is 0.0601. The molecule has 1 aliphatic heterocycles. The van der Waals surface area contributed by atoms with E-state index in [4.69, 9.17) is 4.74 Å². The molecule has 2 aromatic rings. The molecule has 0 fully saturated rings. The Bertz CT molecular complexity index is 680. The van der Waals surface area contributed by atoms with Crippen LogP contribution in [0.4, 0.5) is 5.69 Å². The summed E-state index contributed by atoms with van der Waals surface area (Å²) in [6.07, 6.45) is 0.861. The molecule has 0 amide bonds. The first kappa shape index (κ1) is 13.4. The number of anilines is 1. The Labute approximate surface area is 123 Å². The van der Waals surface area contributed by atoms with Crippen LogP contribution in [0.2, 0.25) is 0 Å². The minimum absolute atomic E-state index is 0.339. The smallest absolute Gasteiger partial charge is 0.340 e. The van der Waals surface area contributed by atoms with Crippen LogP contribution in [0.15, 0.2) is 59.7 Å². The molecule has 4 nitrogen and oxygen atoms in total. The van der Waals surface area contributed by atoms with E-state index in [0.717, 1.165) is 29.9 Å². The largest absolute Gasteiger partial charge is 0.465 e. The summed E-state index contributed by atoms with van der Waals surface area (Å²) in [6, 6.07) is 17.5. The molecular formula is C17H16N2O2. The number of methoxy groups -OCH3 is 1. The Morgan fingerprint density at radius 1 is 1.10 bits per heavy atom. The lowest BCUT2D eigenvalue weighted by Gasteiger charge is -2.16. The maximum absolute atomic E-state index is 11.8. The molecule has 0 radical (unpaired) electrons. The van der Waals surface area contributed by atoms with Gasteiger partial charge in [-0.25, -0.2) is 4.79 Å². The van der Waals surface area contributed by atoms with Crippen molar-refractivity contribution in [3.8, 4) is 0 Å². The predicted molar refractivity (Wildman–Crippen MR) is 82.7 cm³/mol. The summed E-state index contributed by atoms with van der Waals surface area (Å²) in [4.78, 5) is 11.8. The molecule has 21 heavy (non-hydrogen) atoms. The van der Waals surface area contributed by atoms with Crippen molar-refractivity contribution in [2.45, 2.75) is 6.42 Å². The number of hydrogen-bond acceptors (Lipinski definition) is 4. The number of benzene rings is 2. The highest BCUT2D eigenvalue weighted by molar-refractivity contribution is 6.03. The molecule has 0 spiro atoms. The molecule has 2 aromatic carbocycles. The van der Waals surface area contributed by atoms with Crippen molar-refractivity contribution in [3.63, 3.8) is 0 Å². The first-order valence-electron chi connectivity index (χ1n) is 6.87. The van der Waals surface area contributed by atoms with Crippen LogP contribution >= 0.6 is 0 Å². The molecule has 0 saturated carbocycles. The number of ether oxygens (including phenoxy) is 1. The molecule has 0 saturated heterocycles. The highest BCUT2D eigenvalue weighted by atomic mass is 16.5. The minimum atomic E-state index is -0.339. The Hall–Kier alpha value is -2.62. The van der Waals surface area contributed by atoms with Gasteiger partial charge in [-0.1, -0.05) is 42.5 Å². The average molecular weight is 280 g/mol. The summed E-state index contributed by atoms with van der Waals surface area (Å²) in [6.45, 7) is 0.762. The number of rotatable bonds is 3. The third-order valence-corrected chi connectivity index (χ3v) is 3.50. The zero-order chi connectivity index (χ0) is 14.7. The summed E-state index contributed by atoms with van der Waals surface area (Å²) in [7, 11) is 1.39. The topological polar surface area (TPSA) is 41.9 Å². The van der Waals surface area contributed by atoms with Gasteiger partial charge in [-0.2, -0.15) is 5.10 Å². The van der Waals surface area contributed by atoms with Gasteiger partial charge in [-0.15, -0.1) is 0 Å². The van der Waals surface area contributed by atoms with E-state index < -0.39 is 0 Å². The van der Waals surface area contributed by atoms with E-state index in [-0.39, 0.29) is 5.97 Å². The van der Waals surface area contributed by atoms with E-state index in [9.17, 15) is 4.79 Å². The third-order valence-electron chi connectivity index (χ3n) is 3.50. The molecule has 4 heteroatoms. The van der Waals surface area contributed by atoms with E-state index in [2.05, 4.69) is 17.2 Å². The lowest BCUT2D eigenvalue weighted by atomic mass is 10.1. The maximum Gasteiger partial charge on any atom is 0.340 e. The second-order valence-electron chi connectivity index (χ2n) is 4.79. The molecule has 0 bridgehead atoms. The number of para-hydroxylation sites is 1. The van der Waals surface area contributed by atoms with E-state index in [1.165, 1.54) is 7.11 Å². The Balaban J connectivity index is 1.93. The summed E-state index contributed by atoms with van der Waals surface area (Å²) in [5, 5.41) is 6.52. The van der Waals surface area contributed by atoms with Gasteiger partial charge in [0.1, 0.15) is 0 Å². The number of hydrazone groups is 1. The number of esters is 1. The fraction of sp³-hybridized carbons (Fsp3) is 0.176. The van der Waals surface area contributed by atoms with E-state index in [1.54, 1.807) is 6.07 Å². The molecule has 0 aromatic heterocycles. The van der Waals surface area contributed by atoms with Gasteiger partial charge >= 0.3 is 5.97 Å². The van der Waals surface area contributed by atoms with Gasteiger partial charge in [0.05, 0.1) is 24.1 Å². The molecule has 3 rings (SSSR count). The minimum Gasteiger partial charge on any atom is -0.465 e. The first-order valence-corrected chi connectivity index (χ1v) is 6.87. The third kappa shape index (κ3) is 2.65. The molecule has 0 unspecified atom stereocenters. The lowest BCUT2D eigenvalue weighted by Crippen LogP contribution is -2.16. The van der Waals surface area contributed by atoms with Gasteiger partial charge in [0, 0.05) is 13.0 Å². The van der Waals surface area contributed by atoms with Crippen molar-refractivity contribution in [2.75, 3.05) is 18.7 Å². The van der Waals surface area contributed by atoms with Gasteiger partial charge in [-0.05, 0) is 17.7 Å². The Kier molecular flexibility index (Phi) is 3.69. The number of carbonyl (C=O) groups excluding carboxylic acids is 1. The maximum atomic E-state index is 11.8. The Morgan fingerprint density at radius 3 is 2.57 bits per heavy atom. The summed E-state index contributed by atoms with van der Waals surface area (Å²) < 4.78 is 4.83. The highest BCUT2D eigenvalue weighted by Gasteiger charge is 2.21. The SMILES string of the molecule is COC(=O)c1ccccc1N1CCC(c2ccccc2)=N1. The molecule has 0 N–H and O–H groups in total. The zero-order valence-corrected chi connectivity index (χ0v) is 11.8. The van der Waals surface area contributed by atoms with Crippen molar-refractivity contribution in [1.29, 1.82) is 0 Å². The van der Waals surface area contributed by atoms with Crippen molar-refractivity contribution in [1.82, 2.24) is 0 Å². The van der Waals surface area contributed by atoms with Gasteiger partial charge in [0.2, 0.25) is 0 Å². The average Bonchev–Trinajstić information content (AvgIpc) is 3.05. The molecule has 1 aliphatic rings. The van der Waals surface area contributed by atoms with Crippen LogP contribution in [0.25, 0.3) is 0 Å². The van der Waals surface area contributed by atoms with Crippen molar-refractivity contribution in [3.05, 3.63) is 65.7 Å². The molecule has 106 valence electrons.